The number of rotatable bonds is 5. The molecule has 1 aromatic rings. The van der Waals surface area contributed by atoms with Gasteiger partial charge in [0.1, 0.15) is 5.75 Å². The Hall–Kier alpha value is -0.250. The van der Waals surface area contributed by atoms with Gasteiger partial charge in [-0.05, 0) is 37.0 Å². The Morgan fingerprint density at radius 1 is 1.40 bits per heavy atom. The van der Waals surface area contributed by atoms with Gasteiger partial charge in [-0.1, -0.05) is 27.5 Å². The molecule has 0 aromatic heterocycles. The molecule has 0 spiro atoms. The smallest absolute Gasteiger partial charge is 0.189 e. The molecule has 82 valence electrons. The number of hydrogen-bond acceptors (Lipinski definition) is 2. The van der Waals surface area contributed by atoms with Crippen LogP contribution in [0.15, 0.2) is 22.7 Å². The number of benzene rings is 1. The molecule has 1 saturated carbocycles. The Labute approximate surface area is 103 Å². The average molecular weight is 292 g/mol. The Kier molecular flexibility index (Phi) is 3.89. The monoisotopic (exact) mass is 290 g/mol. The van der Waals surface area contributed by atoms with Crippen LogP contribution in [0.1, 0.15) is 12.8 Å². The van der Waals surface area contributed by atoms with E-state index in [1.807, 2.05) is 12.1 Å². The molecule has 0 amide bonds. The van der Waals surface area contributed by atoms with E-state index in [4.69, 9.17) is 21.1 Å². The van der Waals surface area contributed by atoms with Crippen molar-refractivity contribution in [2.24, 2.45) is 5.92 Å². The van der Waals surface area contributed by atoms with Crippen LogP contribution in [0, 0.1) is 5.92 Å². The summed E-state index contributed by atoms with van der Waals surface area (Å²) in [5.41, 5.74) is 0. The zero-order chi connectivity index (χ0) is 10.7. The Morgan fingerprint density at radius 3 is 2.93 bits per heavy atom. The second kappa shape index (κ2) is 5.19. The van der Waals surface area contributed by atoms with Crippen molar-refractivity contribution in [2.75, 3.05) is 13.4 Å². The molecule has 0 unspecified atom stereocenters. The zero-order valence-electron chi connectivity index (χ0n) is 8.21. The molecule has 15 heavy (non-hydrogen) atoms. The highest BCUT2D eigenvalue weighted by molar-refractivity contribution is 9.10. The minimum absolute atomic E-state index is 0.271. The van der Waals surface area contributed by atoms with Crippen molar-refractivity contribution >= 4 is 27.5 Å². The van der Waals surface area contributed by atoms with Gasteiger partial charge in [-0.2, -0.15) is 0 Å². The summed E-state index contributed by atoms with van der Waals surface area (Å²) in [4.78, 5) is 0. The van der Waals surface area contributed by atoms with Gasteiger partial charge in [0.15, 0.2) is 6.79 Å². The van der Waals surface area contributed by atoms with Crippen molar-refractivity contribution in [3.8, 4) is 5.75 Å². The van der Waals surface area contributed by atoms with Gasteiger partial charge in [0.2, 0.25) is 0 Å². The average Bonchev–Trinajstić information content (AvgIpc) is 3.01. The van der Waals surface area contributed by atoms with E-state index in [0.717, 1.165) is 17.0 Å². The summed E-state index contributed by atoms with van der Waals surface area (Å²) in [6.45, 7) is 1.07. The van der Waals surface area contributed by atoms with Crippen LogP contribution in [0.3, 0.4) is 0 Å². The van der Waals surface area contributed by atoms with Crippen molar-refractivity contribution in [1.29, 1.82) is 0 Å². The first-order chi connectivity index (χ1) is 7.25. The molecule has 2 rings (SSSR count). The van der Waals surface area contributed by atoms with Crippen LogP contribution in [0.2, 0.25) is 5.02 Å². The van der Waals surface area contributed by atoms with Gasteiger partial charge < -0.3 is 9.47 Å². The van der Waals surface area contributed by atoms with Gasteiger partial charge >= 0.3 is 0 Å². The molecular weight excluding hydrogens is 279 g/mol. The minimum atomic E-state index is 0.271. The van der Waals surface area contributed by atoms with E-state index in [0.29, 0.717) is 10.8 Å². The molecule has 1 aliphatic rings. The molecule has 0 bridgehead atoms. The Bertz CT molecular complexity index is 339. The second-order valence-corrected chi connectivity index (χ2v) is 4.97. The van der Waals surface area contributed by atoms with Crippen molar-refractivity contribution in [2.45, 2.75) is 12.8 Å². The molecule has 2 nitrogen and oxygen atoms in total. The fourth-order valence-corrected chi connectivity index (χ4v) is 1.70. The maximum absolute atomic E-state index is 5.95. The molecule has 0 heterocycles. The summed E-state index contributed by atoms with van der Waals surface area (Å²) in [5, 5.41) is 0.605. The summed E-state index contributed by atoms with van der Waals surface area (Å²) in [7, 11) is 0. The molecule has 1 fully saturated rings. The molecule has 0 radical (unpaired) electrons. The number of hydrogen-bond donors (Lipinski definition) is 0. The number of halogens is 2. The normalized spacial score (nSPS) is 15.3. The van der Waals surface area contributed by atoms with E-state index >= 15 is 0 Å². The van der Waals surface area contributed by atoms with E-state index in [2.05, 4.69) is 15.9 Å². The standard InChI is InChI=1S/C11H12BrClO2/c12-9-3-4-10(13)11(5-9)15-7-14-6-8-1-2-8/h3-5,8H,1-2,6-7H2. The quantitative estimate of drug-likeness (QED) is 0.606. The maximum Gasteiger partial charge on any atom is 0.189 e. The molecule has 1 aliphatic carbocycles. The highest BCUT2D eigenvalue weighted by Crippen LogP contribution is 2.30. The van der Waals surface area contributed by atoms with Gasteiger partial charge in [0, 0.05) is 4.47 Å². The predicted molar refractivity (Wildman–Crippen MR) is 63.3 cm³/mol. The summed E-state index contributed by atoms with van der Waals surface area (Å²) in [6, 6.07) is 5.50. The van der Waals surface area contributed by atoms with E-state index in [-0.39, 0.29) is 6.79 Å². The molecule has 0 saturated heterocycles. The fraction of sp³-hybridized carbons (Fsp3) is 0.455. The summed E-state index contributed by atoms with van der Waals surface area (Å²) in [6.07, 6.45) is 2.58. The van der Waals surface area contributed by atoms with Crippen LogP contribution >= 0.6 is 27.5 Å². The molecule has 0 aliphatic heterocycles. The summed E-state index contributed by atoms with van der Waals surface area (Å²) in [5.74, 6) is 1.41. The zero-order valence-corrected chi connectivity index (χ0v) is 10.6. The van der Waals surface area contributed by atoms with Crippen LogP contribution < -0.4 is 4.74 Å². The van der Waals surface area contributed by atoms with Gasteiger partial charge in [0.25, 0.3) is 0 Å². The van der Waals surface area contributed by atoms with Gasteiger partial charge in [-0.3, -0.25) is 0 Å². The molecule has 0 N–H and O–H groups in total. The van der Waals surface area contributed by atoms with Crippen molar-refractivity contribution in [3.05, 3.63) is 27.7 Å². The SMILES string of the molecule is Clc1ccc(Br)cc1OCOCC1CC1. The molecule has 1 aromatic carbocycles. The minimum Gasteiger partial charge on any atom is -0.466 e. The van der Waals surface area contributed by atoms with Crippen molar-refractivity contribution in [3.63, 3.8) is 0 Å². The van der Waals surface area contributed by atoms with Crippen LogP contribution in [0.4, 0.5) is 0 Å². The third-order valence-electron chi connectivity index (χ3n) is 2.24. The highest BCUT2D eigenvalue weighted by atomic mass is 79.9. The lowest BCUT2D eigenvalue weighted by molar-refractivity contribution is 0.0100. The maximum atomic E-state index is 5.95. The summed E-state index contributed by atoms with van der Waals surface area (Å²) >= 11 is 9.31. The Balaban J connectivity index is 1.78. The van der Waals surface area contributed by atoms with Crippen LogP contribution in [0.25, 0.3) is 0 Å². The van der Waals surface area contributed by atoms with Gasteiger partial charge in [-0.15, -0.1) is 0 Å². The van der Waals surface area contributed by atoms with Gasteiger partial charge in [0.05, 0.1) is 11.6 Å². The lowest BCUT2D eigenvalue weighted by Gasteiger charge is -2.08. The Morgan fingerprint density at radius 2 is 2.20 bits per heavy atom. The summed E-state index contributed by atoms with van der Waals surface area (Å²) < 4.78 is 11.7. The third kappa shape index (κ3) is 3.67. The van der Waals surface area contributed by atoms with Crippen LogP contribution in [0.5, 0.6) is 5.75 Å². The highest BCUT2D eigenvalue weighted by Gasteiger charge is 2.21. The first-order valence-corrected chi connectivity index (χ1v) is 6.08. The van der Waals surface area contributed by atoms with Gasteiger partial charge in [-0.25, -0.2) is 0 Å². The second-order valence-electron chi connectivity index (χ2n) is 3.65. The number of ether oxygens (including phenoxy) is 2. The predicted octanol–water partition coefficient (Wildman–Crippen LogP) is 3.87. The van der Waals surface area contributed by atoms with E-state index in [1.165, 1.54) is 12.8 Å². The van der Waals surface area contributed by atoms with Crippen LogP contribution in [-0.4, -0.2) is 13.4 Å². The van der Waals surface area contributed by atoms with E-state index in [1.54, 1.807) is 6.07 Å². The first-order valence-electron chi connectivity index (χ1n) is 4.91. The largest absolute Gasteiger partial charge is 0.466 e. The lowest BCUT2D eigenvalue weighted by Crippen LogP contribution is -2.05. The van der Waals surface area contributed by atoms with E-state index in [9.17, 15) is 0 Å². The molecule has 0 atom stereocenters. The van der Waals surface area contributed by atoms with E-state index < -0.39 is 0 Å². The third-order valence-corrected chi connectivity index (χ3v) is 3.05. The first kappa shape index (κ1) is 11.2. The molecular formula is C11H12BrClO2. The van der Waals surface area contributed by atoms with Crippen molar-refractivity contribution in [1.82, 2.24) is 0 Å². The fourth-order valence-electron chi connectivity index (χ4n) is 1.19. The lowest BCUT2D eigenvalue weighted by atomic mass is 10.3. The van der Waals surface area contributed by atoms with Crippen molar-refractivity contribution < 1.29 is 9.47 Å². The topological polar surface area (TPSA) is 18.5 Å². The van der Waals surface area contributed by atoms with Crippen LogP contribution in [-0.2, 0) is 4.74 Å². The molecule has 4 heteroatoms.